The Balaban J connectivity index is 2.71. The number of hydrogen-bond acceptors (Lipinski definition) is 0. The monoisotopic (exact) mass is 177 g/mol. The van der Waals surface area contributed by atoms with Crippen molar-refractivity contribution in [3.05, 3.63) is 29.2 Å². The summed E-state index contributed by atoms with van der Waals surface area (Å²) in [6.45, 7) is 6.81. The summed E-state index contributed by atoms with van der Waals surface area (Å²) in [6.07, 6.45) is 10.8. The van der Waals surface area contributed by atoms with Gasteiger partial charge in [0, 0.05) is 26.2 Å². The molecule has 0 unspecified atom stereocenters. The summed E-state index contributed by atoms with van der Waals surface area (Å²) < 4.78 is 0. The predicted octanol–water partition coefficient (Wildman–Crippen LogP) is 4.44. The fourth-order valence-electron chi connectivity index (χ4n) is 2.04. The SMILES string of the molecule is CC/C(C)=C(\CC)[C+]1CC=CCC1. The van der Waals surface area contributed by atoms with Gasteiger partial charge in [-0.05, 0) is 13.3 Å². The molecule has 0 radical (unpaired) electrons. The van der Waals surface area contributed by atoms with Crippen LogP contribution in [-0.4, -0.2) is 0 Å². The van der Waals surface area contributed by atoms with Gasteiger partial charge >= 0.3 is 0 Å². The zero-order chi connectivity index (χ0) is 9.68. The van der Waals surface area contributed by atoms with Gasteiger partial charge in [0.1, 0.15) is 5.57 Å². The molecule has 13 heavy (non-hydrogen) atoms. The molecule has 0 bridgehead atoms. The zero-order valence-electron chi connectivity index (χ0n) is 9.19. The highest BCUT2D eigenvalue weighted by Gasteiger charge is 2.23. The number of allylic oxidation sites excluding steroid dienone is 4. The molecule has 0 amide bonds. The van der Waals surface area contributed by atoms with Crippen molar-refractivity contribution in [2.75, 3.05) is 0 Å². The molecule has 1 aliphatic rings. The summed E-state index contributed by atoms with van der Waals surface area (Å²) in [5.41, 5.74) is 3.24. The summed E-state index contributed by atoms with van der Waals surface area (Å²) in [4.78, 5) is 0. The molecule has 0 saturated carbocycles. The van der Waals surface area contributed by atoms with E-state index in [9.17, 15) is 0 Å². The quantitative estimate of drug-likeness (QED) is 0.441. The second-order valence-corrected chi connectivity index (χ2v) is 3.78. The van der Waals surface area contributed by atoms with Crippen LogP contribution in [0.4, 0.5) is 0 Å². The van der Waals surface area contributed by atoms with Crippen LogP contribution in [0.5, 0.6) is 0 Å². The van der Waals surface area contributed by atoms with Crippen LogP contribution in [0, 0.1) is 5.92 Å². The molecule has 0 spiro atoms. The second kappa shape index (κ2) is 5.16. The van der Waals surface area contributed by atoms with Gasteiger partial charge in [0.05, 0.1) is 17.9 Å². The average molecular weight is 177 g/mol. The molecule has 0 aromatic rings. The maximum atomic E-state index is 2.32. The topological polar surface area (TPSA) is 0 Å². The molecule has 0 heteroatoms. The molecule has 0 nitrogen and oxygen atoms in total. The molecule has 1 aliphatic carbocycles. The van der Waals surface area contributed by atoms with Crippen LogP contribution in [0.15, 0.2) is 23.3 Å². The van der Waals surface area contributed by atoms with E-state index in [4.69, 9.17) is 0 Å². The van der Waals surface area contributed by atoms with E-state index in [2.05, 4.69) is 32.9 Å². The Morgan fingerprint density at radius 3 is 2.46 bits per heavy atom. The largest absolute Gasteiger partial charge is 0.108 e. The lowest BCUT2D eigenvalue weighted by Gasteiger charge is -2.14. The third-order valence-electron chi connectivity index (χ3n) is 2.97. The van der Waals surface area contributed by atoms with Crippen LogP contribution in [0.1, 0.15) is 52.9 Å². The van der Waals surface area contributed by atoms with E-state index in [1.807, 2.05) is 0 Å². The van der Waals surface area contributed by atoms with E-state index in [0.717, 1.165) is 0 Å². The molecular weight excluding hydrogens is 156 g/mol. The maximum Gasteiger partial charge on any atom is 0.108 e. The van der Waals surface area contributed by atoms with Gasteiger partial charge in [0.2, 0.25) is 0 Å². The molecule has 0 heterocycles. The van der Waals surface area contributed by atoms with E-state index in [1.165, 1.54) is 32.1 Å². The smallest absolute Gasteiger partial charge is 0.0843 e. The molecule has 0 saturated heterocycles. The molecule has 72 valence electrons. The van der Waals surface area contributed by atoms with Crippen LogP contribution in [-0.2, 0) is 0 Å². The molecule has 0 aliphatic heterocycles. The van der Waals surface area contributed by atoms with E-state index in [0.29, 0.717) is 0 Å². The molecule has 0 aromatic carbocycles. The standard InChI is InChI=1S/C13H21/c1-4-11(3)13(5-2)12-9-7-6-8-10-12/h6-7H,4-5,8-10H2,1-3H3/q+1/b13-11+. The summed E-state index contributed by atoms with van der Waals surface area (Å²) in [6, 6.07) is 0. The highest BCUT2D eigenvalue weighted by molar-refractivity contribution is 5.31. The predicted molar refractivity (Wildman–Crippen MR) is 59.5 cm³/mol. The van der Waals surface area contributed by atoms with Crippen LogP contribution >= 0.6 is 0 Å². The van der Waals surface area contributed by atoms with Gasteiger partial charge in [0.15, 0.2) is 0 Å². The van der Waals surface area contributed by atoms with Crippen molar-refractivity contribution in [1.82, 2.24) is 0 Å². The van der Waals surface area contributed by atoms with E-state index < -0.39 is 0 Å². The van der Waals surface area contributed by atoms with Gasteiger partial charge in [-0.3, -0.25) is 0 Å². The van der Waals surface area contributed by atoms with Gasteiger partial charge in [0.25, 0.3) is 0 Å². The van der Waals surface area contributed by atoms with Gasteiger partial charge < -0.3 is 0 Å². The third-order valence-corrected chi connectivity index (χ3v) is 2.97. The zero-order valence-corrected chi connectivity index (χ0v) is 9.19. The Morgan fingerprint density at radius 1 is 1.23 bits per heavy atom. The van der Waals surface area contributed by atoms with E-state index in [-0.39, 0.29) is 0 Å². The molecule has 0 atom stereocenters. The van der Waals surface area contributed by atoms with Crippen molar-refractivity contribution in [3.8, 4) is 0 Å². The third kappa shape index (κ3) is 2.65. The normalized spacial score (nSPS) is 18.8. The van der Waals surface area contributed by atoms with Crippen molar-refractivity contribution in [1.29, 1.82) is 0 Å². The first-order valence-electron chi connectivity index (χ1n) is 5.48. The fourth-order valence-corrected chi connectivity index (χ4v) is 2.04. The van der Waals surface area contributed by atoms with E-state index in [1.54, 1.807) is 17.1 Å². The highest BCUT2D eigenvalue weighted by Crippen LogP contribution is 2.32. The molecule has 1 rings (SSSR count). The Morgan fingerprint density at radius 2 is 2.00 bits per heavy atom. The van der Waals surface area contributed by atoms with Crippen molar-refractivity contribution < 1.29 is 0 Å². The van der Waals surface area contributed by atoms with Gasteiger partial charge in [-0.25, -0.2) is 0 Å². The Hall–Kier alpha value is -0.650. The Bertz CT molecular complexity index is 208. The average Bonchev–Trinajstić information content (AvgIpc) is 2.20. The van der Waals surface area contributed by atoms with Crippen molar-refractivity contribution in [2.45, 2.75) is 52.9 Å². The van der Waals surface area contributed by atoms with Crippen molar-refractivity contribution >= 4 is 0 Å². The molecule has 0 aromatic heterocycles. The van der Waals surface area contributed by atoms with Gasteiger partial charge in [-0.1, -0.05) is 19.1 Å². The van der Waals surface area contributed by atoms with Gasteiger partial charge in [-0.2, -0.15) is 0 Å². The lowest BCUT2D eigenvalue weighted by atomic mass is 9.83. The number of rotatable bonds is 3. The lowest BCUT2D eigenvalue weighted by Crippen LogP contribution is -2.05. The second-order valence-electron chi connectivity index (χ2n) is 3.78. The van der Waals surface area contributed by atoms with Gasteiger partial charge in [-0.15, -0.1) is 0 Å². The minimum atomic E-state index is 1.19. The first-order chi connectivity index (χ1) is 6.29. The maximum absolute atomic E-state index is 2.32. The van der Waals surface area contributed by atoms with Crippen molar-refractivity contribution in [3.63, 3.8) is 0 Å². The summed E-state index contributed by atoms with van der Waals surface area (Å²) in [7, 11) is 0. The fraction of sp³-hybridized carbons (Fsp3) is 0.615. The van der Waals surface area contributed by atoms with Crippen molar-refractivity contribution in [2.24, 2.45) is 0 Å². The van der Waals surface area contributed by atoms with Crippen LogP contribution < -0.4 is 0 Å². The minimum Gasteiger partial charge on any atom is -0.0843 e. The highest BCUT2D eigenvalue weighted by atomic mass is 14.2. The summed E-state index contributed by atoms with van der Waals surface area (Å²) in [5.74, 6) is 1.68. The van der Waals surface area contributed by atoms with Crippen LogP contribution in [0.2, 0.25) is 0 Å². The van der Waals surface area contributed by atoms with Crippen LogP contribution in [0.25, 0.3) is 0 Å². The van der Waals surface area contributed by atoms with Crippen LogP contribution in [0.3, 0.4) is 0 Å². The first-order valence-corrected chi connectivity index (χ1v) is 5.48. The summed E-state index contributed by atoms with van der Waals surface area (Å²) in [5, 5.41) is 0. The Kier molecular flexibility index (Phi) is 4.14. The van der Waals surface area contributed by atoms with E-state index >= 15 is 0 Å². The molecular formula is C13H21+. The summed E-state index contributed by atoms with van der Waals surface area (Å²) >= 11 is 0. The molecule has 0 N–H and O–H groups in total. The Labute approximate surface area is 82.7 Å². The first kappa shape index (κ1) is 10.4. The number of hydrogen-bond donors (Lipinski definition) is 0. The lowest BCUT2D eigenvalue weighted by molar-refractivity contribution is 0.755. The molecule has 0 fully saturated rings. The minimum absolute atomic E-state index is 1.19.